The molecular weight excluding hydrogens is 368 g/mol. The van der Waals surface area contributed by atoms with E-state index in [0.29, 0.717) is 0 Å². The Morgan fingerprint density at radius 1 is 1.00 bits per heavy atom. The van der Waals surface area contributed by atoms with Gasteiger partial charge in [0.2, 0.25) is 0 Å². The first-order valence-corrected chi connectivity index (χ1v) is 9.19. The second-order valence-electron chi connectivity index (χ2n) is 5.48. The fraction of sp³-hybridized carbons (Fsp3) is 0.105. The topological polar surface area (TPSA) is 15.6 Å². The van der Waals surface area contributed by atoms with Crippen molar-refractivity contribution in [2.45, 2.75) is 12.5 Å². The molecule has 0 bridgehead atoms. The van der Waals surface area contributed by atoms with E-state index in [9.17, 15) is 0 Å². The van der Waals surface area contributed by atoms with Crippen molar-refractivity contribution in [1.29, 1.82) is 0 Å². The number of hydrogen-bond acceptors (Lipinski definition) is 3. The van der Waals surface area contributed by atoms with Crippen LogP contribution in [0.15, 0.2) is 81.7 Å². The van der Waals surface area contributed by atoms with Crippen molar-refractivity contribution in [3.05, 3.63) is 87.0 Å². The predicted octanol–water partition coefficient (Wildman–Crippen LogP) is 5.87. The zero-order chi connectivity index (χ0) is 15.6. The molecule has 0 radical (unpaired) electrons. The molecule has 1 aliphatic heterocycles. The lowest BCUT2D eigenvalue weighted by Crippen LogP contribution is -2.18. The minimum absolute atomic E-state index is 0.239. The number of nitrogens with zero attached hydrogens (tertiary/aromatic N) is 2. The van der Waals surface area contributed by atoms with E-state index in [0.717, 1.165) is 22.3 Å². The Bertz CT molecular complexity index is 828. The molecule has 0 saturated heterocycles. The summed E-state index contributed by atoms with van der Waals surface area (Å²) in [5.74, 6) is 0. The van der Waals surface area contributed by atoms with Gasteiger partial charge in [0.05, 0.1) is 22.3 Å². The molecule has 0 saturated carbocycles. The fourth-order valence-corrected chi connectivity index (χ4v) is 4.00. The molecule has 2 heterocycles. The molecule has 0 fully saturated rings. The van der Waals surface area contributed by atoms with Gasteiger partial charge in [-0.15, -0.1) is 11.3 Å². The van der Waals surface area contributed by atoms with Crippen LogP contribution in [0.25, 0.3) is 0 Å². The van der Waals surface area contributed by atoms with Crippen molar-refractivity contribution in [3.8, 4) is 0 Å². The predicted molar refractivity (Wildman–Crippen MR) is 101 cm³/mol. The number of hydrogen-bond donors (Lipinski definition) is 0. The zero-order valence-electron chi connectivity index (χ0n) is 12.4. The summed E-state index contributed by atoms with van der Waals surface area (Å²) < 4.78 is 1.07. The maximum absolute atomic E-state index is 4.94. The first-order valence-electron chi connectivity index (χ1n) is 7.52. The van der Waals surface area contributed by atoms with Gasteiger partial charge in [0.25, 0.3) is 0 Å². The molecule has 0 amide bonds. The zero-order valence-corrected chi connectivity index (χ0v) is 14.8. The molecule has 2 nitrogen and oxygen atoms in total. The van der Waals surface area contributed by atoms with Crippen LogP contribution in [0.3, 0.4) is 0 Å². The van der Waals surface area contributed by atoms with Gasteiger partial charge >= 0.3 is 0 Å². The Kier molecular flexibility index (Phi) is 4.02. The second-order valence-corrected chi connectivity index (χ2v) is 7.34. The molecule has 4 rings (SSSR count). The van der Waals surface area contributed by atoms with Gasteiger partial charge in [0, 0.05) is 10.9 Å². The maximum Gasteiger partial charge on any atom is 0.0832 e. The lowest BCUT2D eigenvalue weighted by molar-refractivity contribution is 0.709. The number of rotatable bonds is 3. The summed E-state index contributed by atoms with van der Waals surface area (Å²) in [6.07, 6.45) is 0.928. The third kappa shape index (κ3) is 2.96. The molecule has 0 aliphatic carbocycles. The number of hydrazone groups is 1. The third-order valence-electron chi connectivity index (χ3n) is 3.97. The monoisotopic (exact) mass is 382 g/mol. The van der Waals surface area contributed by atoms with E-state index < -0.39 is 0 Å². The van der Waals surface area contributed by atoms with Crippen LogP contribution in [0.5, 0.6) is 0 Å². The lowest BCUT2D eigenvalue weighted by Gasteiger charge is -2.24. The Balaban J connectivity index is 1.77. The molecule has 1 aromatic heterocycles. The van der Waals surface area contributed by atoms with Gasteiger partial charge < -0.3 is 0 Å². The second kappa shape index (κ2) is 6.30. The van der Waals surface area contributed by atoms with Gasteiger partial charge in [-0.1, -0.05) is 58.4 Å². The summed E-state index contributed by atoms with van der Waals surface area (Å²) in [7, 11) is 0. The minimum atomic E-state index is 0.239. The van der Waals surface area contributed by atoms with Crippen LogP contribution < -0.4 is 5.01 Å². The van der Waals surface area contributed by atoms with Crippen molar-refractivity contribution >= 4 is 38.7 Å². The summed E-state index contributed by atoms with van der Waals surface area (Å²) in [6, 6.07) is 23.4. The standard InChI is InChI=1S/C19H15BrN2S/c20-15-8-4-9-16(12-15)22-18(14-6-2-1-3-7-14)13-17(21-22)19-10-5-11-23-19/h1-12,18H,13H2/t18-/m1/s1. The Morgan fingerprint density at radius 3 is 2.61 bits per heavy atom. The molecule has 23 heavy (non-hydrogen) atoms. The van der Waals surface area contributed by atoms with Gasteiger partial charge in [-0.25, -0.2) is 0 Å². The summed E-state index contributed by atoms with van der Waals surface area (Å²) >= 11 is 5.32. The quantitative estimate of drug-likeness (QED) is 0.553. The van der Waals surface area contributed by atoms with Crippen LogP contribution in [0, 0.1) is 0 Å². The number of thiophene rings is 1. The SMILES string of the molecule is Brc1cccc(N2N=C(c3cccs3)C[C@@H]2c2ccccc2)c1. The van der Waals surface area contributed by atoms with Crippen LogP contribution in [0.2, 0.25) is 0 Å². The van der Waals surface area contributed by atoms with Crippen molar-refractivity contribution < 1.29 is 0 Å². The first kappa shape index (κ1) is 14.7. The summed E-state index contributed by atoms with van der Waals surface area (Å²) in [5.41, 5.74) is 3.57. The Labute approximate surface area is 148 Å². The summed E-state index contributed by atoms with van der Waals surface area (Å²) in [5, 5.41) is 9.20. The van der Waals surface area contributed by atoms with Crippen LogP contribution in [0.1, 0.15) is 22.9 Å². The highest BCUT2D eigenvalue weighted by Gasteiger charge is 2.30. The number of halogens is 1. The van der Waals surface area contributed by atoms with E-state index in [4.69, 9.17) is 5.10 Å². The normalized spacial score (nSPS) is 17.3. The van der Waals surface area contributed by atoms with Crippen molar-refractivity contribution in [2.75, 3.05) is 5.01 Å². The van der Waals surface area contributed by atoms with E-state index in [1.807, 2.05) is 6.07 Å². The van der Waals surface area contributed by atoms with Gasteiger partial charge in [0.15, 0.2) is 0 Å². The molecule has 1 atom stereocenters. The van der Waals surface area contributed by atoms with Crippen molar-refractivity contribution in [1.82, 2.24) is 0 Å². The fourth-order valence-electron chi connectivity index (χ4n) is 2.89. The average molecular weight is 383 g/mol. The molecule has 4 heteroatoms. The van der Waals surface area contributed by atoms with Crippen LogP contribution in [0.4, 0.5) is 5.69 Å². The van der Waals surface area contributed by atoms with Crippen LogP contribution in [-0.2, 0) is 0 Å². The Morgan fingerprint density at radius 2 is 1.87 bits per heavy atom. The van der Waals surface area contributed by atoms with Crippen LogP contribution in [-0.4, -0.2) is 5.71 Å². The maximum atomic E-state index is 4.94. The van der Waals surface area contributed by atoms with Gasteiger partial charge in [0.1, 0.15) is 0 Å². The largest absolute Gasteiger partial charge is 0.257 e. The van der Waals surface area contributed by atoms with E-state index in [1.165, 1.54) is 10.4 Å². The summed E-state index contributed by atoms with van der Waals surface area (Å²) in [6.45, 7) is 0. The molecule has 0 N–H and O–H groups in total. The highest BCUT2D eigenvalue weighted by atomic mass is 79.9. The smallest absolute Gasteiger partial charge is 0.0832 e. The van der Waals surface area contributed by atoms with Gasteiger partial charge in [-0.2, -0.15) is 5.10 Å². The van der Waals surface area contributed by atoms with E-state index in [-0.39, 0.29) is 6.04 Å². The van der Waals surface area contributed by atoms with Crippen LogP contribution >= 0.6 is 27.3 Å². The minimum Gasteiger partial charge on any atom is -0.257 e. The molecule has 0 spiro atoms. The number of benzene rings is 2. The summed E-state index contributed by atoms with van der Waals surface area (Å²) in [4.78, 5) is 1.25. The first-order chi connectivity index (χ1) is 11.3. The van der Waals surface area contributed by atoms with E-state index in [2.05, 4.69) is 87.0 Å². The number of anilines is 1. The molecule has 1 aliphatic rings. The molecule has 3 aromatic rings. The molecule has 2 aromatic carbocycles. The molecule has 114 valence electrons. The highest BCUT2D eigenvalue weighted by molar-refractivity contribution is 9.10. The van der Waals surface area contributed by atoms with Gasteiger partial charge in [-0.3, -0.25) is 5.01 Å². The Hall–Kier alpha value is -1.91. The van der Waals surface area contributed by atoms with E-state index >= 15 is 0 Å². The van der Waals surface area contributed by atoms with Crippen molar-refractivity contribution in [2.24, 2.45) is 5.10 Å². The van der Waals surface area contributed by atoms with E-state index in [1.54, 1.807) is 11.3 Å². The third-order valence-corrected chi connectivity index (χ3v) is 5.39. The highest BCUT2D eigenvalue weighted by Crippen LogP contribution is 2.37. The molecule has 0 unspecified atom stereocenters. The molecular formula is C19H15BrN2S. The van der Waals surface area contributed by atoms with Gasteiger partial charge in [-0.05, 0) is 35.2 Å². The average Bonchev–Trinajstić information content (AvgIpc) is 3.25. The van der Waals surface area contributed by atoms with Crippen molar-refractivity contribution in [3.63, 3.8) is 0 Å². The lowest BCUT2D eigenvalue weighted by atomic mass is 10.0.